The molecule has 0 aromatic rings. The van der Waals surface area contributed by atoms with E-state index in [0.717, 1.165) is 11.4 Å². The summed E-state index contributed by atoms with van der Waals surface area (Å²) in [5.74, 6) is 0. The molecule has 0 aromatic heterocycles. The second kappa shape index (κ2) is 2.19. The van der Waals surface area contributed by atoms with Crippen molar-refractivity contribution in [3.63, 3.8) is 0 Å². The van der Waals surface area contributed by atoms with Gasteiger partial charge in [0.2, 0.25) is 0 Å². The number of nitrogens with two attached hydrogens (primary N) is 1. The van der Waals surface area contributed by atoms with Gasteiger partial charge in [0.1, 0.15) is 0 Å². The Morgan fingerprint density at radius 1 is 1.67 bits per heavy atom. The van der Waals surface area contributed by atoms with E-state index in [1.54, 1.807) is 0 Å². The van der Waals surface area contributed by atoms with Crippen LogP contribution >= 0.6 is 0 Å². The van der Waals surface area contributed by atoms with E-state index in [1.807, 2.05) is 19.9 Å². The summed E-state index contributed by atoms with van der Waals surface area (Å²) in [6.07, 6.45) is 1.72. The minimum Gasteiger partial charge on any atom is -0.355 e. The van der Waals surface area contributed by atoms with E-state index in [4.69, 9.17) is 5.73 Å². The first-order valence-electron chi connectivity index (χ1n) is 2.93. The first-order valence-corrected chi connectivity index (χ1v) is 2.93. The van der Waals surface area contributed by atoms with Crippen molar-refractivity contribution in [3.8, 4) is 0 Å². The molecule has 0 saturated carbocycles. The summed E-state index contributed by atoms with van der Waals surface area (Å²) >= 11 is 0. The van der Waals surface area contributed by atoms with Crippen LogP contribution in [0, 0.1) is 0 Å². The highest BCUT2D eigenvalue weighted by molar-refractivity contribution is 5.93. The molecular formula is C6H11N3. The highest BCUT2D eigenvalue weighted by atomic mass is 15.2. The molecule has 0 fully saturated rings. The molecule has 0 spiro atoms. The average Bonchev–Trinajstić information content (AvgIpc) is 1.59. The Morgan fingerprint density at radius 3 is 2.78 bits per heavy atom. The quantitative estimate of drug-likeness (QED) is 0.485. The summed E-state index contributed by atoms with van der Waals surface area (Å²) in [5, 5.41) is 2.96. The molecule has 1 heterocycles. The maximum absolute atomic E-state index is 5.48. The molecule has 1 aliphatic rings. The van der Waals surface area contributed by atoms with Crippen molar-refractivity contribution in [1.82, 2.24) is 5.32 Å². The van der Waals surface area contributed by atoms with Crippen molar-refractivity contribution in [2.45, 2.75) is 20.1 Å². The van der Waals surface area contributed by atoms with E-state index in [0.29, 0.717) is 0 Å². The Kier molecular flexibility index (Phi) is 1.53. The van der Waals surface area contributed by atoms with Crippen molar-refractivity contribution in [2.24, 2.45) is 10.7 Å². The largest absolute Gasteiger partial charge is 0.355 e. The van der Waals surface area contributed by atoms with Crippen LogP contribution in [-0.4, -0.2) is 12.0 Å². The Morgan fingerprint density at radius 2 is 2.33 bits per heavy atom. The van der Waals surface area contributed by atoms with Crippen LogP contribution in [0.1, 0.15) is 13.8 Å². The van der Waals surface area contributed by atoms with Gasteiger partial charge in [-0.2, -0.15) is 0 Å². The first-order chi connectivity index (χ1) is 4.18. The number of rotatable bonds is 0. The normalized spacial score (nSPS) is 26.3. The fourth-order valence-corrected chi connectivity index (χ4v) is 0.877. The molecule has 0 aliphatic carbocycles. The van der Waals surface area contributed by atoms with E-state index in [2.05, 4.69) is 10.3 Å². The van der Waals surface area contributed by atoms with E-state index < -0.39 is 0 Å². The number of nitrogens with zero attached hydrogens (tertiary/aromatic N) is 1. The average molecular weight is 125 g/mol. The topological polar surface area (TPSA) is 50.4 Å². The zero-order valence-corrected chi connectivity index (χ0v) is 5.68. The summed E-state index contributed by atoms with van der Waals surface area (Å²) < 4.78 is 0. The van der Waals surface area contributed by atoms with Gasteiger partial charge in [0, 0.05) is 11.4 Å². The van der Waals surface area contributed by atoms with Crippen molar-refractivity contribution < 1.29 is 0 Å². The van der Waals surface area contributed by atoms with Gasteiger partial charge < -0.3 is 5.32 Å². The van der Waals surface area contributed by atoms with Gasteiger partial charge in [-0.1, -0.05) is 0 Å². The third kappa shape index (κ3) is 1.54. The summed E-state index contributed by atoms with van der Waals surface area (Å²) in [4.78, 5) is 4.04. The smallest absolute Gasteiger partial charge is 0.171 e. The van der Waals surface area contributed by atoms with Crippen LogP contribution in [0.3, 0.4) is 0 Å². The molecule has 0 bridgehead atoms. The van der Waals surface area contributed by atoms with E-state index in [1.165, 1.54) is 0 Å². The van der Waals surface area contributed by atoms with E-state index in [9.17, 15) is 0 Å². The monoisotopic (exact) mass is 125 g/mol. The maximum atomic E-state index is 5.48. The zero-order chi connectivity index (χ0) is 6.85. The fraction of sp³-hybridized carbons (Fsp3) is 0.500. The van der Waals surface area contributed by atoms with Gasteiger partial charge in [-0.05, 0) is 19.9 Å². The van der Waals surface area contributed by atoms with Crippen LogP contribution in [-0.2, 0) is 0 Å². The van der Waals surface area contributed by atoms with Crippen LogP contribution in [0.25, 0.3) is 0 Å². The molecule has 1 unspecified atom stereocenters. The lowest BCUT2D eigenvalue weighted by atomic mass is 10.3. The molecular weight excluding hydrogens is 114 g/mol. The number of allylic oxidation sites excluding steroid dienone is 2. The number of hydrogen-bond acceptors (Lipinski definition) is 3. The second-order valence-corrected chi connectivity index (χ2v) is 2.19. The second-order valence-electron chi connectivity index (χ2n) is 2.19. The standard InChI is InChI=1S/C6H11N3/c1-4-3-5(2)9-6(7)8-4/h3,6,8H,7H2,1-2H3. The van der Waals surface area contributed by atoms with Crippen molar-refractivity contribution in [2.75, 3.05) is 0 Å². The molecule has 0 aromatic carbocycles. The highest BCUT2D eigenvalue weighted by Gasteiger charge is 2.03. The Bertz CT molecular complexity index is 169. The fourth-order valence-electron chi connectivity index (χ4n) is 0.877. The van der Waals surface area contributed by atoms with Gasteiger partial charge >= 0.3 is 0 Å². The SMILES string of the molecule is CC1=CC(C)=NC(N)N1. The van der Waals surface area contributed by atoms with Gasteiger partial charge in [-0.15, -0.1) is 0 Å². The molecule has 1 aliphatic heterocycles. The van der Waals surface area contributed by atoms with E-state index in [-0.39, 0.29) is 6.29 Å². The van der Waals surface area contributed by atoms with Crippen LogP contribution in [0.2, 0.25) is 0 Å². The predicted molar refractivity (Wildman–Crippen MR) is 38.0 cm³/mol. The maximum Gasteiger partial charge on any atom is 0.171 e. The molecule has 0 amide bonds. The van der Waals surface area contributed by atoms with Crippen molar-refractivity contribution in [1.29, 1.82) is 0 Å². The van der Waals surface area contributed by atoms with Crippen LogP contribution in [0.4, 0.5) is 0 Å². The summed E-state index contributed by atoms with van der Waals surface area (Å²) in [7, 11) is 0. The van der Waals surface area contributed by atoms with Gasteiger partial charge in [0.25, 0.3) is 0 Å². The van der Waals surface area contributed by atoms with Crippen molar-refractivity contribution >= 4 is 5.71 Å². The third-order valence-electron chi connectivity index (χ3n) is 1.14. The zero-order valence-electron chi connectivity index (χ0n) is 5.68. The Balaban J connectivity index is 2.74. The lowest BCUT2D eigenvalue weighted by Gasteiger charge is -2.16. The number of nitrogens with one attached hydrogen (secondary N) is 1. The molecule has 1 atom stereocenters. The summed E-state index contributed by atoms with van der Waals surface area (Å²) in [6, 6.07) is 0. The van der Waals surface area contributed by atoms with Crippen molar-refractivity contribution in [3.05, 3.63) is 11.8 Å². The van der Waals surface area contributed by atoms with Gasteiger partial charge in [0.05, 0.1) is 0 Å². The number of aliphatic imine (C=N–C) groups is 1. The molecule has 3 N–H and O–H groups in total. The Hall–Kier alpha value is -0.830. The van der Waals surface area contributed by atoms with Gasteiger partial charge in [-0.25, -0.2) is 0 Å². The molecule has 1 rings (SSSR count). The highest BCUT2D eigenvalue weighted by Crippen LogP contribution is 1.97. The van der Waals surface area contributed by atoms with Gasteiger partial charge in [-0.3, -0.25) is 10.7 Å². The molecule has 9 heavy (non-hydrogen) atoms. The summed E-state index contributed by atoms with van der Waals surface area (Å²) in [6.45, 7) is 3.90. The van der Waals surface area contributed by atoms with Crippen LogP contribution in [0.5, 0.6) is 0 Å². The molecule has 0 radical (unpaired) electrons. The first kappa shape index (κ1) is 6.29. The molecule has 3 heteroatoms. The molecule has 50 valence electrons. The number of hydrogen-bond donors (Lipinski definition) is 2. The van der Waals surface area contributed by atoms with Crippen LogP contribution < -0.4 is 11.1 Å². The minimum absolute atomic E-state index is 0.241. The molecule has 0 saturated heterocycles. The minimum atomic E-state index is -0.241. The van der Waals surface area contributed by atoms with Gasteiger partial charge in [0.15, 0.2) is 6.29 Å². The molecule has 3 nitrogen and oxygen atoms in total. The Labute approximate surface area is 54.7 Å². The lowest BCUT2D eigenvalue weighted by molar-refractivity contribution is 0.608. The summed E-state index contributed by atoms with van der Waals surface area (Å²) in [5.41, 5.74) is 7.54. The van der Waals surface area contributed by atoms with Crippen LogP contribution in [0.15, 0.2) is 16.8 Å². The third-order valence-corrected chi connectivity index (χ3v) is 1.14. The lowest BCUT2D eigenvalue weighted by Crippen LogP contribution is -2.37. The predicted octanol–water partition coefficient (Wildman–Crippen LogP) is 0.197. The van der Waals surface area contributed by atoms with E-state index >= 15 is 0 Å².